The highest BCUT2D eigenvalue weighted by Crippen LogP contribution is 2.61. The number of aryl methyl sites for hydroxylation is 1. The zero-order valence-electron chi connectivity index (χ0n) is 26.4. The third-order valence-electron chi connectivity index (χ3n) is 10.6. The molecule has 4 aromatic rings. The molecule has 45 heavy (non-hydrogen) atoms. The number of nitrogens with zero attached hydrogens (tertiary/aromatic N) is 6. The third kappa shape index (κ3) is 5.62. The molecular formula is C34H42FN9O. The molecule has 5 atom stereocenters. The molecule has 1 saturated heterocycles. The van der Waals surface area contributed by atoms with Gasteiger partial charge in [0.25, 0.3) is 5.56 Å². The normalized spacial score (nSPS) is 26.1. The number of anilines is 1. The maximum atomic E-state index is 13.9. The van der Waals surface area contributed by atoms with Gasteiger partial charge in [-0.1, -0.05) is 32.9 Å². The highest BCUT2D eigenvalue weighted by atomic mass is 19.1. The van der Waals surface area contributed by atoms with Gasteiger partial charge in [-0.3, -0.25) is 14.5 Å². The topological polar surface area (TPSA) is 116 Å². The predicted octanol–water partition coefficient (Wildman–Crippen LogP) is 4.70. The highest BCUT2D eigenvalue weighted by molar-refractivity contribution is 5.96. The van der Waals surface area contributed by atoms with Crippen LogP contribution in [0.15, 0.2) is 58.6 Å². The van der Waals surface area contributed by atoms with Gasteiger partial charge in [0.05, 0.1) is 16.9 Å². The lowest BCUT2D eigenvalue weighted by Crippen LogP contribution is -2.57. The van der Waals surface area contributed by atoms with Gasteiger partial charge < -0.3 is 15.5 Å². The summed E-state index contributed by atoms with van der Waals surface area (Å²) in [6, 6.07) is 12.7. The summed E-state index contributed by atoms with van der Waals surface area (Å²) in [4.78, 5) is 30.9. The first-order valence-corrected chi connectivity index (χ1v) is 16.2. The number of benzene rings is 2. The lowest BCUT2D eigenvalue weighted by atomic mass is 9.45. The van der Waals surface area contributed by atoms with E-state index < -0.39 is 0 Å². The second-order valence-electron chi connectivity index (χ2n) is 13.7. The molecule has 2 aromatic carbocycles. The van der Waals surface area contributed by atoms with Gasteiger partial charge in [0.15, 0.2) is 17.6 Å². The van der Waals surface area contributed by atoms with Crippen molar-refractivity contribution in [3.05, 3.63) is 70.5 Å². The number of aromatic nitrogens is 5. The summed E-state index contributed by atoms with van der Waals surface area (Å²) in [6.07, 6.45) is 4.38. The number of aliphatic imine (C=N–C) groups is 1. The molecule has 0 amide bonds. The van der Waals surface area contributed by atoms with Crippen molar-refractivity contribution in [1.82, 2.24) is 34.9 Å². The maximum absolute atomic E-state index is 13.9. The number of aromatic amines is 1. The van der Waals surface area contributed by atoms with Gasteiger partial charge in [0.1, 0.15) is 12.1 Å². The van der Waals surface area contributed by atoms with E-state index in [4.69, 9.17) is 9.98 Å². The van der Waals surface area contributed by atoms with Crippen LogP contribution in [0.5, 0.6) is 0 Å². The zero-order chi connectivity index (χ0) is 31.3. The fourth-order valence-electron chi connectivity index (χ4n) is 7.79. The molecule has 2 aromatic heterocycles. The summed E-state index contributed by atoms with van der Waals surface area (Å²) in [6.45, 7) is 12.4. The summed E-state index contributed by atoms with van der Waals surface area (Å²) < 4.78 is 15.1. The largest absolute Gasteiger partial charge is 0.340 e. The van der Waals surface area contributed by atoms with Crippen molar-refractivity contribution >= 4 is 22.5 Å². The lowest BCUT2D eigenvalue weighted by molar-refractivity contribution is -0.108. The zero-order valence-corrected chi connectivity index (χ0v) is 26.4. The van der Waals surface area contributed by atoms with Crippen LogP contribution in [0.1, 0.15) is 46.1 Å². The lowest BCUT2D eigenvalue weighted by Gasteiger charge is -2.61. The number of H-pyrrole nitrogens is 1. The second-order valence-corrected chi connectivity index (χ2v) is 13.7. The number of fused-ring (bicyclic) bond motifs is 3. The minimum Gasteiger partial charge on any atom is -0.340 e. The molecule has 3 heterocycles. The molecule has 2 bridgehead atoms. The molecule has 3 saturated carbocycles. The van der Waals surface area contributed by atoms with Crippen molar-refractivity contribution in [2.75, 3.05) is 25.0 Å². The van der Waals surface area contributed by atoms with Crippen LogP contribution in [0.4, 0.5) is 10.1 Å². The minimum atomic E-state index is -0.288. The SMILES string of the molecule is CC1CN(C(=NC2CC3CC(C2C)C3(C)C)Nc2ccc3c(=O)n(CCc4ccc(F)cc4)c(-c4ncn[nH]4)nc3c2)CCN1. The molecule has 236 valence electrons. The number of hydrogen-bond donors (Lipinski definition) is 3. The number of piperazine rings is 1. The molecule has 0 spiro atoms. The molecule has 3 aliphatic carbocycles. The second kappa shape index (κ2) is 11.7. The van der Waals surface area contributed by atoms with E-state index >= 15 is 0 Å². The standard InChI is InChI=1S/C34H42FN9O/c1-20-18-43(14-12-36-20)33(41-28-16-23-15-27(21(28)2)34(23,3)4)39-25-9-10-26-29(17-25)40-31(30-37-19-38-42-30)44(32(26)45)13-11-22-5-7-24(35)8-6-22/h5-10,17,19-21,23,27-28,36H,11-16,18H2,1-4H3,(H,39,41)(H,37,38,42). The van der Waals surface area contributed by atoms with Crippen molar-refractivity contribution < 1.29 is 4.39 Å². The fourth-order valence-corrected chi connectivity index (χ4v) is 7.79. The average molecular weight is 612 g/mol. The third-order valence-corrected chi connectivity index (χ3v) is 10.6. The Bertz CT molecular complexity index is 1760. The quantitative estimate of drug-likeness (QED) is 0.214. The molecule has 8 rings (SSSR count). The van der Waals surface area contributed by atoms with Crippen LogP contribution in [-0.2, 0) is 13.0 Å². The minimum absolute atomic E-state index is 0.164. The van der Waals surface area contributed by atoms with Gasteiger partial charge in [-0.05, 0) is 85.3 Å². The average Bonchev–Trinajstić information content (AvgIpc) is 3.56. The number of guanidine groups is 1. The summed E-state index contributed by atoms with van der Waals surface area (Å²) in [5.41, 5.74) is 2.56. The van der Waals surface area contributed by atoms with Crippen molar-refractivity contribution in [3.8, 4) is 11.6 Å². The molecule has 4 aliphatic rings. The molecule has 1 aliphatic heterocycles. The fraction of sp³-hybridized carbons (Fsp3) is 0.500. The predicted molar refractivity (Wildman–Crippen MR) is 175 cm³/mol. The maximum Gasteiger partial charge on any atom is 0.261 e. The first-order chi connectivity index (χ1) is 21.7. The van der Waals surface area contributed by atoms with Crippen LogP contribution >= 0.6 is 0 Å². The Morgan fingerprint density at radius 2 is 1.98 bits per heavy atom. The van der Waals surface area contributed by atoms with Gasteiger partial charge in [-0.2, -0.15) is 5.10 Å². The molecule has 0 radical (unpaired) electrons. The van der Waals surface area contributed by atoms with Crippen LogP contribution < -0.4 is 16.2 Å². The van der Waals surface area contributed by atoms with Crippen LogP contribution in [0, 0.1) is 29.0 Å². The molecule has 3 N–H and O–H groups in total. The molecule has 10 nitrogen and oxygen atoms in total. The van der Waals surface area contributed by atoms with Crippen molar-refractivity contribution in [1.29, 1.82) is 0 Å². The summed E-state index contributed by atoms with van der Waals surface area (Å²) in [5, 5.41) is 14.6. The Morgan fingerprint density at radius 3 is 2.69 bits per heavy atom. The van der Waals surface area contributed by atoms with E-state index in [1.54, 1.807) is 16.7 Å². The Hall–Kier alpha value is -4.12. The van der Waals surface area contributed by atoms with Gasteiger partial charge in [0.2, 0.25) is 0 Å². The molecule has 11 heteroatoms. The Balaban J connectivity index is 1.22. The van der Waals surface area contributed by atoms with Gasteiger partial charge in [-0.15, -0.1) is 0 Å². The van der Waals surface area contributed by atoms with Crippen molar-refractivity contribution in [3.63, 3.8) is 0 Å². The van der Waals surface area contributed by atoms with Crippen LogP contribution in [-0.4, -0.2) is 67.3 Å². The van der Waals surface area contributed by atoms with Gasteiger partial charge in [-0.25, -0.2) is 19.4 Å². The number of halogens is 1. The van der Waals surface area contributed by atoms with Gasteiger partial charge >= 0.3 is 0 Å². The van der Waals surface area contributed by atoms with Crippen molar-refractivity contribution in [2.24, 2.45) is 28.2 Å². The molecule has 5 unspecified atom stereocenters. The summed E-state index contributed by atoms with van der Waals surface area (Å²) in [5.74, 6) is 3.38. The Kier molecular flexibility index (Phi) is 7.67. The molecule has 4 fully saturated rings. The van der Waals surface area contributed by atoms with E-state index in [0.29, 0.717) is 58.8 Å². The van der Waals surface area contributed by atoms with Crippen LogP contribution in [0.2, 0.25) is 0 Å². The Morgan fingerprint density at radius 1 is 1.16 bits per heavy atom. The monoisotopic (exact) mass is 611 g/mol. The summed E-state index contributed by atoms with van der Waals surface area (Å²) in [7, 11) is 0. The highest BCUT2D eigenvalue weighted by Gasteiger charge is 2.56. The van der Waals surface area contributed by atoms with Crippen LogP contribution in [0.25, 0.3) is 22.6 Å². The van der Waals surface area contributed by atoms with E-state index in [9.17, 15) is 9.18 Å². The van der Waals surface area contributed by atoms with E-state index in [-0.39, 0.29) is 17.4 Å². The Labute approximate surface area is 262 Å². The van der Waals surface area contributed by atoms with E-state index in [2.05, 4.69) is 58.4 Å². The number of hydrogen-bond acceptors (Lipinski definition) is 6. The first-order valence-electron chi connectivity index (χ1n) is 16.2. The van der Waals surface area contributed by atoms with Crippen LogP contribution in [0.3, 0.4) is 0 Å². The van der Waals surface area contributed by atoms with E-state index in [1.165, 1.54) is 24.9 Å². The van der Waals surface area contributed by atoms with E-state index in [1.807, 2.05) is 18.2 Å². The number of nitrogens with one attached hydrogen (secondary N) is 3. The van der Waals surface area contributed by atoms with E-state index in [0.717, 1.165) is 49.2 Å². The van der Waals surface area contributed by atoms with Gasteiger partial charge in [0, 0.05) is 37.9 Å². The first kappa shape index (κ1) is 29.6. The summed E-state index contributed by atoms with van der Waals surface area (Å²) >= 11 is 0. The molecular weight excluding hydrogens is 569 g/mol. The number of rotatable bonds is 6. The van der Waals surface area contributed by atoms with Crippen molar-refractivity contribution in [2.45, 2.75) is 65.6 Å². The smallest absolute Gasteiger partial charge is 0.261 e.